The molecule has 0 bridgehead atoms. The Bertz CT molecular complexity index is 520. The van der Waals surface area contributed by atoms with Gasteiger partial charge in [0.2, 0.25) is 0 Å². The summed E-state index contributed by atoms with van der Waals surface area (Å²) in [6.45, 7) is 2.16. The molecule has 2 aromatic rings. The molecule has 1 aromatic heterocycles. The van der Waals surface area contributed by atoms with Crippen molar-refractivity contribution in [2.75, 3.05) is 6.61 Å². The maximum Gasteiger partial charge on any atom is 0.331 e. The summed E-state index contributed by atoms with van der Waals surface area (Å²) < 4.78 is 4.98. The number of benzene rings is 1. The van der Waals surface area contributed by atoms with Crippen molar-refractivity contribution in [3.63, 3.8) is 0 Å². The summed E-state index contributed by atoms with van der Waals surface area (Å²) in [5.41, 5.74) is 2.75. The average molecular weight is 253 g/mol. The van der Waals surface area contributed by atoms with Crippen molar-refractivity contribution in [3.05, 3.63) is 72.1 Å². The van der Waals surface area contributed by atoms with Crippen molar-refractivity contribution in [2.45, 2.75) is 6.92 Å². The summed E-state index contributed by atoms with van der Waals surface area (Å²) >= 11 is 0. The van der Waals surface area contributed by atoms with E-state index in [0.717, 1.165) is 16.7 Å². The Morgan fingerprint density at radius 2 is 1.74 bits per heavy atom. The van der Waals surface area contributed by atoms with E-state index in [1.54, 1.807) is 19.3 Å². The molecule has 96 valence electrons. The van der Waals surface area contributed by atoms with Crippen LogP contribution in [0.4, 0.5) is 0 Å². The Hall–Kier alpha value is -2.42. The Balaban J connectivity index is 2.43. The van der Waals surface area contributed by atoms with Gasteiger partial charge in [-0.05, 0) is 35.8 Å². The first-order chi connectivity index (χ1) is 9.31. The highest BCUT2D eigenvalue weighted by Gasteiger charge is 2.07. The number of esters is 1. The third-order valence-corrected chi connectivity index (χ3v) is 2.62. The molecule has 19 heavy (non-hydrogen) atoms. The molecule has 1 heterocycles. The van der Waals surface area contributed by atoms with Gasteiger partial charge < -0.3 is 4.74 Å². The van der Waals surface area contributed by atoms with E-state index in [0.29, 0.717) is 6.61 Å². The number of nitrogens with zero attached hydrogens (tertiary/aromatic N) is 1. The van der Waals surface area contributed by atoms with E-state index in [2.05, 4.69) is 4.98 Å². The predicted octanol–water partition coefficient (Wildman–Crippen LogP) is 3.08. The van der Waals surface area contributed by atoms with Gasteiger partial charge in [0.1, 0.15) is 0 Å². The Labute approximate surface area is 112 Å². The maximum absolute atomic E-state index is 11.7. The van der Waals surface area contributed by atoms with Crippen molar-refractivity contribution in [2.24, 2.45) is 0 Å². The molecule has 0 N–H and O–H groups in total. The summed E-state index contributed by atoms with van der Waals surface area (Å²) in [6.07, 6.45) is 4.93. The van der Waals surface area contributed by atoms with Gasteiger partial charge in [0.15, 0.2) is 0 Å². The average Bonchev–Trinajstić information content (AvgIpc) is 2.47. The van der Waals surface area contributed by atoms with Crippen molar-refractivity contribution in [1.29, 1.82) is 0 Å². The minimum Gasteiger partial charge on any atom is -0.463 e. The largest absolute Gasteiger partial charge is 0.463 e. The second-order valence-electron chi connectivity index (χ2n) is 3.91. The van der Waals surface area contributed by atoms with E-state index in [1.807, 2.05) is 42.5 Å². The van der Waals surface area contributed by atoms with E-state index in [9.17, 15) is 4.79 Å². The Morgan fingerprint density at radius 1 is 1.11 bits per heavy atom. The highest BCUT2D eigenvalue weighted by atomic mass is 16.5. The van der Waals surface area contributed by atoms with E-state index in [1.165, 1.54) is 6.08 Å². The predicted molar refractivity (Wildman–Crippen MR) is 74.4 cm³/mol. The molecule has 0 saturated carbocycles. The van der Waals surface area contributed by atoms with E-state index in [-0.39, 0.29) is 5.97 Å². The van der Waals surface area contributed by atoms with Crippen LogP contribution in [-0.2, 0) is 9.53 Å². The van der Waals surface area contributed by atoms with Gasteiger partial charge in [-0.1, -0.05) is 30.3 Å². The molecule has 0 atom stereocenters. The molecule has 0 amide bonds. The van der Waals surface area contributed by atoms with Crippen LogP contribution in [0.3, 0.4) is 0 Å². The second kappa shape index (κ2) is 6.50. The highest BCUT2D eigenvalue weighted by Crippen LogP contribution is 2.22. The summed E-state index contributed by atoms with van der Waals surface area (Å²) in [5, 5.41) is 0. The van der Waals surface area contributed by atoms with Crippen LogP contribution in [0, 0.1) is 0 Å². The van der Waals surface area contributed by atoms with Gasteiger partial charge >= 0.3 is 5.97 Å². The molecular weight excluding hydrogens is 238 g/mol. The number of hydrogen-bond acceptors (Lipinski definition) is 3. The lowest BCUT2D eigenvalue weighted by Crippen LogP contribution is -2.01. The fraction of sp³-hybridized carbons (Fsp3) is 0.125. The van der Waals surface area contributed by atoms with E-state index in [4.69, 9.17) is 4.74 Å². The van der Waals surface area contributed by atoms with Gasteiger partial charge in [0.05, 0.1) is 6.61 Å². The van der Waals surface area contributed by atoms with Crippen LogP contribution in [0.2, 0.25) is 0 Å². The number of carbonyl (C=O) groups is 1. The fourth-order valence-electron chi connectivity index (χ4n) is 1.78. The van der Waals surface area contributed by atoms with Crippen LogP contribution in [0.5, 0.6) is 0 Å². The number of ether oxygens (including phenoxy) is 1. The molecule has 0 spiro atoms. The van der Waals surface area contributed by atoms with Crippen LogP contribution in [0.1, 0.15) is 18.1 Å². The summed E-state index contributed by atoms with van der Waals surface area (Å²) in [6, 6.07) is 13.5. The topological polar surface area (TPSA) is 39.2 Å². The van der Waals surface area contributed by atoms with Crippen molar-refractivity contribution < 1.29 is 9.53 Å². The zero-order valence-electron chi connectivity index (χ0n) is 10.7. The lowest BCUT2D eigenvalue weighted by Gasteiger charge is -2.08. The standard InChI is InChI=1S/C16H15NO2/c1-2-19-16(18)12-15(13-6-4-3-5-7-13)14-8-10-17-11-9-14/h3-12H,2H2,1H3. The first-order valence-corrected chi connectivity index (χ1v) is 6.15. The Morgan fingerprint density at radius 3 is 2.37 bits per heavy atom. The van der Waals surface area contributed by atoms with Gasteiger partial charge in [-0.25, -0.2) is 4.79 Å². The minimum absolute atomic E-state index is 0.335. The maximum atomic E-state index is 11.7. The quantitative estimate of drug-likeness (QED) is 0.621. The number of pyridine rings is 1. The summed E-state index contributed by atoms with van der Waals surface area (Å²) in [7, 11) is 0. The van der Waals surface area contributed by atoms with Crippen LogP contribution in [0.15, 0.2) is 60.9 Å². The molecule has 0 aliphatic carbocycles. The molecule has 0 fully saturated rings. The molecule has 1 aromatic carbocycles. The molecule has 3 nitrogen and oxygen atoms in total. The van der Waals surface area contributed by atoms with Crippen molar-refractivity contribution in [1.82, 2.24) is 4.98 Å². The van der Waals surface area contributed by atoms with Gasteiger partial charge in [-0.2, -0.15) is 0 Å². The lowest BCUT2D eigenvalue weighted by atomic mass is 9.98. The van der Waals surface area contributed by atoms with Gasteiger partial charge in [0.25, 0.3) is 0 Å². The third kappa shape index (κ3) is 3.52. The molecule has 0 saturated heterocycles. The number of carbonyl (C=O) groups excluding carboxylic acids is 1. The van der Waals surface area contributed by atoms with Gasteiger partial charge in [0, 0.05) is 18.5 Å². The van der Waals surface area contributed by atoms with Crippen LogP contribution >= 0.6 is 0 Å². The van der Waals surface area contributed by atoms with Gasteiger partial charge in [-0.3, -0.25) is 4.98 Å². The first kappa shape index (κ1) is 13.0. The van der Waals surface area contributed by atoms with Crippen LogP contribution in [-0.4, -0.2) is 17.6 Å². The molecule has 0 unspecified atom stereocenters. The van der Waals surface area contributed by atoms with Crippen molar-refractivity contribution in [3.8, 4) is 0 Å². The van der Waals surface area contributed by atoms with Crippen LogP contribution in [0.25, 0.3) is 5.57 Å². The molecule has 0 aliphatic heterocycles. The third-order valence-electron chi connectivity index (χ3n) is 2.62. The SMILES string of the molecule is CCOC(=O)C=C(c1ccccc1)c1ccncc1. The monoisotopic (exact) mass is 253 g/mol. The van der Waals surface area contributed by atoms with Crippen LogP contribution < -0.4 is 0 Å². The molecule has 0 aliphatic rings. The molecule has 2 rings (SSSR count). The smallest absolute Gasteiger partial charge is 0.331 e. The van der Waals surface area contributed by atoms with Gasteiger partial charge in [-0.15, -0.1) is 0 Å². The molecule has 0 radical (unpaired) electrons. The first-order valence-electron chi connectivity index (χ1n) is 6.15. The number of hydrogen-bond donors (Lipinski definition) is 0. The highest BCUT2D eigenvalue weighted by molar-refractivity contribution is 5.96. The zero-order chi connectivity index (χ0) is 13.5. The normalized spacial score (nSPS) is 11.1. The number of rotatable bonds is 4. The molecular formula is C16H15NO2. The van der Waals surface area contributed by atoms with Crippen molar-refractivity contribution >= 4 is 11.5 Å². The minimum atomic E-state index is -0.335. The number of aromatic nitrogens is 1. The Kier molecular flexibility index (Phi) is 4.45. The molecule has 3 heteroatoms. The van der Waals surface area contributed by atoms with E-state index >= 15 is 0 Å². The summed E-state index contributed by atoms with van der Waals surface area (Å²) in [5.74, 6) is -0.335. The fourth-order valence-corrected chi connectivity index (χ4v) is 1.78. The van der Waals surface area contributed by atoms with E-state index < -0.39 is 0 Å². The second-order valence-corrected chi connectivity index (χ2v) is 3.91. The zero-order valence-corrected chi connectivity index (χ0v) is 10.7. The lowest BCUT2D eigenvalue weighted by molar-refractivity contribution is -0.137. The summed E-state index contributed by atoms with van der Waals surface area (Å²) in [4.78, 5) is 15.7.